The van der Waals surface area contributed by atoms with E-state index in [9.17, 15) is 28.8 Å². The van der Waals surface area contributed by atoms with Crippen LogP contribution in [0.15, 0.2) is 73.8 Å². The summed E-state index contributed by atoms with van der Waals surface area (Å²) in [6.45, 7) is 33.2. The minimum atomic E-state index is -0.797. The number of primary amides is 2. The Hall–Kier alpha value is -7.13. The Bertz CT molecular complexity index is 2700. The fourth-order valence-electron chi connectivity index (χ4n) is 8.27. The average molecular weight is 1270 g/mol. The molecule has 0 radical (unpaired) electrons. The summed E-state index contributed by atoms with van der Waals surface area (Å²) < 4.78 is 41.5. The number of hydrogen-bond donors (Lipinski definition) is 7. The number of benzene rings is 2. The van der Waals surface area contributed by atoms with E-state index in [1.54, 1.807) is 7.05 Å². The molecular formula is C65H107N11O14. The van der Waals surface area contributed by atoms with Crippen LogP contribution >= 0.6 is 0 Å². The zero-order valence-electron chi connectivity index (χ0n) is 55.3. The van der Waals surface area contributed by atoms with Crippen molar-refractivity contribution >= 4 is 64.2 Å². The Morgan fingerprint density at radius 2 is 1.02 bits per heavy atom. The Labute approximate surface area is 533 Å². The lowest BCUT2D eigenvalue weighted by Gasteiger charge is -2.30. The number of nitrogens with zero attached hydrogens (tertiary/aromatic N) is 4. The Balaban J connectivity index is 0.00000122. The van der Waals surface area contributed by atoms with Gasteiger partial charge in [-0.15, -0.1) is 13.2 Å². The number of nitrogens with two attached hydrogens (primary N) is 2. The molecule has 506 valence electrons. The van der Waals surface area contributed by atoms with Crippen LogP contribution in [-0.4, -0.2) is 186 Å². The Morgan fingerprint density at radius 3 is 1.43 bits per heavy atom. The number of unbranched alkanes of at least 4 members (excludes halogenated alkanes) is 2. The van der Waals surface area contributed by atoms with E-state index < -0.39 is 29.3 Å². The second-order valence-electron chi connectivity index (χ2n) is 23.8. The highest BCUT2D eigenvalue weighted by Crippen LogP contribution is 2.24. The average Bonchev–Trinajstić information content (AvgIpc) is 1.68. The Kier molecular flexibility index (Phi) is 42.1. The standard InChI is InChI=1S/C46H79N7O10.C13H15N3O.C5H10O2.CH3NO/c1-9-10-13-23-53-38-16-12-11-15-36(38)40(52-53)43(56)51-41(46(5,6)7)44(57)50-22-27-61-31-35-63-33-29-59-25-20-48-39(54)18-17-37(47-8)42(55)49-21-26-60-30-34-62-32-28-58-24-14-19-45(2,3)4;1-2-3-6-9-16-11-8-5-4-7-10(11)12(15-16)13(14)17;1-5(2,3)7-4-6;2-1-3/h9,11-12,15-16,37,41,47H,1,10,13-14,17-35H2,2-8H3,(H,48,54)(H,49,55)(H,50,57)(H,51,56);2,4-5,7-8H,1,3,6,9H2,(H2,14,17);4H,1-3H3;1H,(H2,2,3). The monoisotopic (exact) mass is 1270 g/mol. The molecule has 25 heteroatoms. The van der Waals surface area contributed by atoms with Gasteiger partial charge in [0.05, 0.1) is 89.8 Å². The van der Waals surface area contributed by atoms with Crippen molar-refractivity contribution in [3.8, 4) is 0 Å². The molecule has 4 aromatic rings. The van der Waals surface area contributed by atoms with Gasteiger partial charge >= 0.3 is 0 Å². The largest absolute Gasteiger partial charge is 0.462 e. The highest BCUT2D eigenvalue weighted by Gasteiger charge is 2.34. The molecule has 25 nitrogen and oxygen atoms in total. The summed E-state index contributed by atoms with van der Waals surface area (Å²) in [5.41, 5.74) is 11.4. The smallest absolute Gasteiger partial charge is 0.293 e. The van der Waals surface area contributed by atoms with Crippen molar-refractivity contribution in [3.63, 3.8) is 0 Å². The van der Waals surface area contributed by atoms with E-state index in [1.807, 2.05) is 112 Å². The first-order valence-corrected chi connectivity index (χ1v) is 30.9. The SMILES string of the molecule is C=CCCCn1nc(C(=O)NC(C(=O)NCCOCCOCCOCCNC(=O)CCC(NC)C(=O)NCCOCCOCCOCCCC(C)(C)C)C(C)(C)C)c2ccccc21.C=CCCCn1nc(C(N)=O)c2ccccc21.CC(C)(C)OC=O.NC=O. The molecule has 90 heavy (non-hydrogen) atoms. The maximum atomic E-state index is 13.5. The van der Waals surface area contributed by atoms with Gasteiger partial charge < -0.3 is 71.2 Å². The van der Waals surface area contributed by atoms with E-state index in [0.717, 1.165) is 73.5 Å². The number of carbonyl (C=O) groups excluding carboxylic acids is 7. The van der Waals surface area contributed by atoms with Crippen LogP contribution in [-0.2, 0) is 70.2 Å². The zero-order valence-corrected chi connectivity index (χ0v) is 55.3. The van der Waals surface area contributed by atoms with E-state index in [1.165, 1.54) is 0 Å². The third-order valence-corrected chi connectivity index (χ3v) is 12.8. The molecule has 6 amide bonds. The summed E-state index contributed by atoms with van der Waals surface area (Å²) in [4.78, 5) is 81.0. The van der Waals surface area contributed by atoms with E-state index in [4.69, 9.17) is 38.9 Å². The van der Waals surface area contributed by atoms with Crippen LogP contribution < -0.4 is 38.1 Å². The molecule has 2 heterocycles. The highest BCUT2D eigenvalue weighted by atomic mass is 16.6. The van der Waals surface area contributed by atoms with Crippen molar-refractivity contribution in [3.05, 3.63) is 85.2 Å². The van der Waals surface area contributed by atoms with Gasteiger partial charge in [0.25, 0.3) is 18.3 Å². The molecule has 9 N–H and O–H groups in total. The van der Waals surface area contributed by atoms with Crippen LogP contribution in [0.5, 0.6) is 0 Å². The van der Waals surface area contributed by atoms with Crippen LogP contribution in [0.3, 0.4) is 0 Å². The number of allylic oxidation sites excluding steroid dienone is 2. The molecule has 0 saturated heterocycles. The van der Waals surface area contributed by atoms with Gasteiger partial charge in [-0.2, -0.15) is 10.2 Å². The predicted molar refractivity (Wildman–Crippen MR) is 349 cm³/mol. The molecule has 2 unspecified atom stereocenters. The second kappa shape index (κ2) is 46.9. The van der Waals surface area contributed by atoms with E-state index in [0.29, 0.717) is 110 Å². The minimum absolute atomic E-state index is 0.166. The molecule has 4 rings (SSSR count). The number of para-hydroxylation sites is 2. The van der Waals surface area contributed by atoms with Crippen molar-refractivity contribution in [1.82, 2.24) is 46.1 Å². The summed E-state index contributed by atoms with van der Waals surface area (Å²) in [6, 6.07) is 13.9. The third kappa shape index (κ3) is 36.5. The van der Waals surface area contributed by atoms with Gasteiger partial charge in [-0.1, -0.05) is 90.1 Å². The van der Waals surface area contributed by atoms with Crippen LogP contribution in [0.25, 0.3) is 21.8 Å². The first-order chi connectivity index (χ1) is 42.9. The molecule has 2 aromatic carbocycles. The number of rotatable bonds is 42. The molecule has 2 atom stereocenters. The van der Waals surface area contributed by atoms with Gasteiger partial charge in [-0.3, -0.25) is 42.9 Å². The summed E-state index contributed by atoms with van der Waals surface area (Å²) in [5.74, 6) is -1.55. The minimum Gasteiger partial charge on any atom is -0.462 e. The van der Waals surface area contributed by atoms with Crippen molar-refractivity contribution in [1.29, 1.82) is 0 Å². The number of aryl methyl sites for hydroxylation is 2. The van der Waals surface area contributed by atoms with Crippen LogP contribution in [0.4, 0.5) is 0 Å². The molecule has 0 aliphatic heterocycles. The quantitative estimate of drug-likeness (QED) is 0.0153. The molecule has 0 bridgehead atoms. The molecule has 0 fully saturated rings. The predicted octanol–water partition coefficient (Wildman–Crippen LogP) is 5.95. The Morgan fingerprint density at radius 1 is 0.600 bits per heavy atom. The van der Waals surface area contributed by atoms with Crippen LogP contribution in [0.1, 0.15) is 135 Å². The van der Waals surface area contributed by atoms with Gasteiger partial charge in [0, 0.05) is 56.5 Å². The maximum Gasteiger partial charge on any atom is 0.293 e. The number of amides is 6. The first kappa shape index (κ1) is 80.9. The van der Waals surface area contributed by atoms with Gasteiger partial charge in [0.2, 0.25) is 24.1 Å². The number of carbonyl (C=O) groups is 7. The number of hydrogen-bond acceptors (Lipinski definition) is 17. The van der Waals surface area contributed by atoms with Crippen molar-refractivity contribution in [2.75, 3.05) is 106 Å². The fourth-order valence-corrected chi connectivity index (χ4v) is 8.27. The van der Waals surface area contributed by atoms with E-state index in [2.05, 4.69) is 81.2 Å². The van der Waals surface area contributed by atoms with Crippen molar-refractivity contribution in [2.24, 2.45) is 22.3 Å². The number of nitrogens with one attached hydrogen (secondary N) is 5. The highest BCUT2D eigenvalue weighted by molar-refractivity contribution is 6.06. The lowest BCUT2D eigenvalue weighted by Crippen LogP contribution is -2.54. The van der Waals surface area contributed by atoms with Gasteiger partial charge in [0.15, 0.2) is 11.4 Å². The molecular weight excluding hydrogens is 1160 g/mol. The number of ether oxygens (including phenoxy) is 7. The lowest BCUT2D eigenvalue weighted by molar-refractivity contribution is -0.138. The molecule has 2 aromatic heterocycles. The zero-order chi connectivity index (χ0) is 67.2. The summed E-state index contributed by atoms with van der Waals surface area (Å²) in [7, 11) is 1.69. The van der Waals surface area contributed by atoms with E-state index in [-0.39, 0.29) is 55.0 Å². The number of fused-ring (bicyclic) bond motifs is 2. The fraction of sp³-hybridized carbons (Fsp3) is 0.615. The van der Waals surface area contributed by atoms with Crippen LogP contribution in [0.2, 0.25) is 0 Å². The molecule has 0 saturated carbocycles. The van der Waals surface area contributed by atoms with Gasteiger partial charge in [-0.05, 0) is 95.7 Å². The second-order valence-corrected chi connectivity index (χ2v) is 23.8. The molecule has 0 aliphatic carbocycles. The molecule has 0 spiro atoms. The topological polar surface area (TPSA) is 332 Å². The maximum absolute atomic E-state index is 13.5. The summed E-state index contributed by atoms with van der Waals surface area (Å²) in [6.07, 6.45) is 10.3. The normalized spacial score (nSPS) is 11.9. The third-order valence-electron chi connectivity index (χ3n) is 12.8. The van der Waals surface area contributed by atoms with Crippen LogP contribution in [0, 0.1) is 10.8 Å². The summed E-state index contributed by atoms with van der Waals surface area (Å²) in [5, 5.41) is 24.8. The van der Waals surface area contributed by atoms with Crippen molar-refractivity contribution in [2.45, 2.75) is 144 Å². The first-order valence-electron chi connectivity index (χ1n) is 30.9. The number of aromatic nitrogens is 4. The van der Waals surface area contributed by atoms with E-state index >= 15 is 0 Å². The molecule has 0 aliphatic rings. The summed E-state index contributed by atoms with van der Waals surface area (Å²) >= 11 is 0. The van der Waals surface area contributed by atoms with Gasteiger partial charge in [0.1, 0.15) is 11.6 Å². The lowest BCUT2D eigenvalue weighted by atomic mass is 9.86. The number of likely N-dealkylation sites (N-methyl/N-ethyl adjacent to an activating group) is 1. The van der Waals surface area contributed by atoms with Crippen molar-refractivity contribution < 1.29 is 66.7 Å². The van der Waals surface area contributed by atoms with Gasteiger partial charge in [-0.25, -0.2) is 0 Å².